The largest absolute Gasteiger partial charge is 0.207 e. The molecular formula is C32H47N3S. The summed E-state index contributed by atoms with van der Waals surface area (Å²) in [5, 5.41) is 5.82. The van der Waals surface area contributed by atoms with Gasteiger partial charge in [-0.15, -0.1) is 5.10 Å². The van der Waals surface area contributed by atoms with Crippen molar-refractivity contribution in [1.29, 1.82) is 0 Å². The van der Waals surface area contributed by atoms with E-state index in [0.717, 1.165) is 28.0 Å². The van der Waals surface area contributed by atoms with Crippen molar-refractivity contribution in [3.8, 4) is 17.1 Å². The molecule has 0 N–H and O–H groups in total. The van der Waals surface area contributed by atoms with E-state index in [9.17, 15) is 0 Å². The zero-order valence-corrected chi connectivity index (χ0v) is 23.4. The molecule has 1 aromatic heterocycles. The van der Waals surface area contributed by atoms with Gasteiger partial charge in [-0.2, -0.15) is 0 Å². The molecule has 0 amide bonds. The number of para-hydroxylation sites is 1. The van der Waals surface area contributed by atoms with Gasteiger partial charge in [-0.3, -0.25) is 0 Å². The van der Waals surface area contributed by atoms with Crippen molar-refractivity contribution >= 4 is 11.8 Å². The number of rotatable bonds is 20. The molecule has 0 bridgehead atoms. The first-order chi connectivity index (χ1) is 17.9. The van der Waals surface area contributed by atoms with Crippen molar-refractivity contribution in [2.24, 2.45) is 0 Å². The second-order valence-corrected chi connectivity index (χ2v) is 11.0. The quantitative estimate of drug-likeness (QED) is 0.113. The molecule has 4 heteroatoms. The fourth-order valence-corrected chi connectivity index (χ4v) is 5.60. The molecule has 0 saturated heterocycles. The summed E-state index contributed by atoms with van der Waals surface area (Å²) in [6, 6.07) is 20.6. The van der Waals surface area contributed by atoms with Gasteiger partial charge in [0.15, 0.2) is 11.0 Å². The summed E-state index contributed by atoms with van der Waals surface area (Å²) in [5.41, 5.74) is 2.14. The first kappa shape index (κ1) is 28.5. The van der Waals surface area contributed by atoms with Gasteiger partial charge < -0.3 is 0 Å². The molecule has 0 atom stereocenters. The minimum Gasteiger partial charge on any atom is -0.207 e. The van der Waals surface area contributed by atoms with Crippen molar-refractivity contribution in [2.45, 2.75) is 115 Å². The molecule has 0 radical (unpaired) electrons. The highest BCUT2D eigenvalue weighted by atomic mass is 32.2. The second-order valence-electron chi connectivity index (χ2n) is 9.98. The Bertz CT molecular complexity index is 923. The fraction of sp³-hybridized carbons (Fsp3) is 0.562. The third-order valence-electron chi connectivity index (χ3n) is 6.84. The molecule has 3 nitrogen and oxygen atoms in total. The van der Waals surface area contributed by atoms with Gasteiger partial charge in [0.05, 0.1) is 5.69 Å². The summed E-state index contributed by atoms with van der Waals surface area (Å²) in [4.78, 5) is 4.88. The Hall–Kier alpha value is -2.07. The highest BCUT2D eigenvalue weighted by molar-refractivity contribution is 7.99. The Morgan fingerprint density at radius 2 is 1.06 bits per heavy atom. The zero-order chi connectivity index (χ0) is 25.1. The normalized spacial score (nSPS) is 11.2. The van der Waals surface area contributed by atoms with E-state index >= 15 is 0 Å². The second kappa shape index (κ2) is 18.2. The van der Waals surface area contributed by atoms with E-state index < -0.39 is 0 Å². The number of benzene rings is 2. The first-order valence-electron chi connectivity index (χ1n) is 14.6. The predicted molar refractivity (Wildman–Crippen MR) is 157 cm³/mol. The fourth-order valence-electron chi connectivity index (χ4n) is 4.65. The third-order valence-corrected chi connectivity index (χ3v) is 7.85. The number of aromatic nitrogens is 3. The molecule has 0 aliphatic carbocycles. The van der Waals surface area contributed by atoms with Gasteiger partial charge in [0.1, 0.15) is 0 Å². The monoisotopic (exact) mass is 505 g/mol. The van der Waals surface area contributed by atoms with Crippen LogP contribution in [0.5, 0.6) is 0 Å². The van der Waals surface area contributed by atoms with Crippen LogP contribution < -0.4 is 0 Å². The van der Waals surface area contributed by atoms with Crippen LogP contribution in [0.2, 0.25) is 0 Å². The van der Waals surface area contributed by atoms with Crippen LogP contribution in [0.4, 0.5) is 0 Å². The molecule has 0 fully saturated rings. The molecule has 2 aromatic carbocycles. The lowest BCUT2D eigenvalue weighted by Gasteiger charge is -2.05. The standard InChI is InChI=1S/C32H47N3S/c1-2-3-4-5-6-7-8-9-10-11-12-13-14-15-16-23-28-36-32-33-31(29-24-19-17-20-25-29)34-35(32)30-26-21-18-22-27-30/h17-22,24-27H,2-16,23,28H2,1H3. The Morgan fingerprint density at radius 3 is 1.58 bits per heavy atom. The van der Waals surface area contributed by atoms with Gasteiger partial charge in [-0.05, 0) is 18.6 Å². The summed E-state index contributed by atoms with van der Waals surface area (Å²) < 4.78 is 2.00. The first-order valence-corrected chi connectivity index (χ1v) is 15.6. The molecule has 36 heavy (non-hydrogen) atoms. The maximum atomic E-state index is 4.88. The molecule has 0 spiro atoms. The van der Waals surface area contributed by atoms with Crippen molar-refractivity contribution in [3.63, 3.8) is 0 Å². The lowest BCUT2D eigenvalue weighted by atomic mass is 10.0. The molecule has 3 aromatic rings. The molecule has 0 aliphatic rings. The average Bonchev–Trinajstić information content (AvgIpc) is 3.36. The smallest absolute Gasteiger partial charge is 0.191 e. The highest BCUT2D eigenvalue weighted by Crippen LogP contribution is 2.25. The van der Waals surface area contributed by atoms with Crippen LogP contribution in [0.15, 0.2) is 65.8 Å². The maximum absolute atomic E-state index is 4.88. The minimum atomic E-state index is 0.800. The van der Waals surface area contributed by atoms with Crippen LogP contribution in [-0.2, 0) is 0 Å². The topological polar surface area (TPSA) is 30.7 Å². The van der Waals surface area contributed by atoms with Crippen LogP contribution in [0.25, 0.3) is 17.1 Å². The van der Waals surface area contributed by atoms with E-state index in [-0.39, 0.29) is 0 Å². The summed E-state index contributed by atoms with van der Waals surface area (Å²) in [6.45, 7) is 2.29. The van der Waals surface area contributed by atoms with Gasteiger partial charge in [0, 0.05) is 11.3 Å². The molecular weight excluding hydrogens is 458 g/mol. The maximum Gasteiger partial charge on any atom is 0.191 e. The van der Waals surface area contributed by atoms with E-state index in [4.69, 9.17) is 10.1 Å². The van der Waals surface area contributed by atoms with E-state index in [0.29, 0.717) is 0 Å². The lowest BCUT2D eigenvalue weighted by molar-refractivity contribution is 0.531. The molecule has 3 rings (SSSR count). The van der Waals surface area contributed by atoms with E-state index in [2.05, 4.69) is 43.3 Å². The highest BCUT2D eigenvalue weighted by Gasteiger charge is 2.13. The molecule has 1 heterocycles. The van der Waals surface area contributed by atoms with Crippen molar-refractivity contribution in [1.82, 2.24) is 14.8 Å². The van der Waals surface area contributed by atoms with Crippen LogP contribution in [0.1, 0.15) is 110 Å². The number of hydrogen-bond donors (Lipinski definition) is 0. The minimum absolute atomic E-state index is 0.800. The van der Waals surface area contributed by atoms with Crippen molar-refractivity contribution < 1.29 is 0 Å². The van der Waals surface area contributed by atoms with Gasteiger partial charge in [0.25, 0.3) is 0 Å². The summed E-state index contributed by atoms with van der Waals surface area (Å²) >= 11 is 1.83. The number of unbranched alkanes of at least 4 members (excludes halogenated alkanes) is 15. The van der Waals surface area contributed by atoms with Crippen LogP contribution in [0.3, 0.4) is 0 Å². The van der Waals surface area contributed by atoms with Crippen molar-refractivity contribution in [3.05, 3.63) is 60.7 Å². The Labute approximate surface area is 224 Å². The number of thioether (sulfide) groups is 1. The Kier molecular flexibility index (Phi) is 14.4. The van der Waals surface area contributed by atoms with Crippen LogP contribution >= 0.6 is 11.8 Å². The van der Waals surface area contributed by atoms with Gasteiger partial charge in [0.2, 0.25) is 0 Å². The summed E-state index contributed by atoms with van der Waals surface area (Å²) in [6.07, 6.45) is 22.5. The number of nitrogens with zero attached hydrogens (tertiary/aromatic N) is 3. The predicted octanol–water partition coefficient (Wildman–Crippen LogP) is 10.3. The Balaban J connectivity index is 1.26. The summed E-state index contributed by atoms with van der Waals surface area (Å²) in [5.74, 6) is 1.90. The average molecular weight is 506 g/mol. The SMILES string of the molecule is CCCCCCCCCCCCCCCCCCSc1nc(-c2ccccc2)nn1-c1ccccc1. The molecule has 0 saturated carbocycles. The van der Waals surface area contributed by atoms with E-state index in [1.165, 1.54) is 103 Å². The van der Waals surface area contributed by atoms with E-state index in [1.807, 2.05) is 40.7 Å². The molecule has 196 valence electrons. The molecule has 0 aliphatic heterocycles. The van der Waals surface area contributed by atoms with Gasteiger partial charge in [-0.1, -0.05) is 164 Å². The van der Waals surface area contributed by atoms with Gasteiger partial charge >= 0.3 is 0 Å². The number of hydrogen-bond acceptors (Lipinski definition) is 3. The van der Waals surface area contributed by atoms with E-state index in [1.54, 1.807) is 0 Å². The van der Waals surface area contributed by atoms with Crippen LogP contribution in [0, 0.1) is 0 Å². The zero-order valence-electron chi connectivity index (χ0n) is 22.5. The third kappa shape index (κ3) is 10.9. The van der Waals surface area contributed by atoms with Gasteiger partial charge in [-0.25, -0.2) is 9.67 Å². The molecule has 0 unspecified atom stereocenters. The summed E-state index contributed by atoms with van der Waals surface area (Å²) in [7, 11) is 0. The van der Waals surface area contributed by atoms with Crippen LogP contribution in [-0.4, -0.2) is 20.5 Å². The Morgan fingerprint density at radius 1 is 0.583 bits per heavy atom. The van der Waals surface area contributed by atoms with Crippen molar-refractivity contribution in [2.75, 3.05) is 5.75 Å². The lowest BCUT2D eigenvalue weighted by Crippen LogP contribution is -1.99.